The van der Waals surface area contributed by atoms with E-state index in [0.29, 0.717) is 15.9 Å². The summed E-state index contributed by atoms with van der Waals surface area (Å²) in [5, 5.41) is 3.88. The number of anilines is 1. The van der Waals surface area contributed by atoms with Crippen LogP contribution in [0.4, 0.5) is 5.69 Å². The van der Waals surface area contributed by atoms with Gasteiger partial charge in [0.2, 0.25) is 0 Å². The molecule has 2 aromatic rings. The molecule has 0 aliphatic rings. The maximum Gasteiger partial charge on any atom is 0.276 e. The maximum atomic E-state index is 11.9. The van der Waals surface area contributed by atoms with Crippen molar-refractivity contribution in [1.82, 2.24) is 10.9 Å². The molecule has 26 heavy (non-hydrogen) atoms. The van der Waals surface area contributed by atoms with Gasteiger partial charge in [-0.25, -0.2) is 0 Å². The first-order valence-corrected chi connectivity index (χ1v) is 9.02. The Morgan fingerprint density at radius 1 is 1.19 bits per heavy atom. The van der Waals surface area contributed by atoms with Crippen LogP contribution in [-0.4, -0.2) is 17.6 Å². The molecule has 2 aromatic carbocycles. The van der Waals surface area contributed by atoms with E-state index < -0.39 is 0 Å². The summed E-state index contributed by atoms with van der Waals surface area (Å²) in [5.41, 5.74) is 9.36. The van der Waals surface area contributed by atoms with Crippen molar-refractivity contribution in [2.45, 2.75) is 27.2 Å². The first-order valence-electron chi connectivity index (χ1n) is 8.24. The minimum absolute atomic E-state index is 0.177. The Kier molecular flexibility index (Phi) is 7.24. The van der Waals surface area contributed by atoms with Crippen molar-refractivity contribution in [3.8, 4) is 5.75 Å². The van der Waals surface area contributed by atoms with Crippen LogP contribution < -0.4 is 20.9 Å². The number of benzene rings is 2. The van der Waals surface area contributed by atoms with Crippen LogP contribution >= 0.6 is 23.8 Å². The molecular formula is C19H22ClN3O2S. The summed E-state index contributed by atoms with van der Waals surface area (Å²) in [6, 6.07) is 11.4. The van der Waals surface area contributed by atoms with E-state index in [2.05, 4.69) is 23.1 Å². The third kappa shape index (κ3) is 5.61. The highest BCUT2D eigenvalue weighted by molar-refractivity contribution is 7.80. The second-order valence-electron chi connectivity index (χ2n) is 5.81. The van der Waals surface area contributed by atoms with Crippen molar-refractivity contribution in [1.29, 1.82) is 0 Å². The normalized spacial score (nSPS) is 10.2. The Hall–Kier alpha value is -2.31. The first kappa shape index (κ1) is 20.0. The van der Waals surface area contributed by atoms with Crippen LogP contribution in [0.3, 0.4) is 0 Å². The van der Waals surface area contributed by atoms with Crippen LogP contribution in [0, 0.1) is 13.8 Å². The molecule has 2 rings (SSSR count). The zero-order valence-electron chi connectivity index (χ0n) is 15.0. The number of carbonyl (C=O) groups excluding carboxylic acids is 1. The topological polar surface area (TPSA) is 62.4 Å². The Balaban J connectivity index is 1.84. The number of para-hydroxylation sites is 1. The van der Waals surface area contributed by atoms with Gasteiger partial charge in [-0.2, -0.15) is 0 Å². The number of ether oxygens (including phenoxy) is 1. The molecule has 1 amide bonds. The zero-order valence-corrected chi connectivity index (χ0v) is 16.6. The van der Waals surface area contributed by atoms with Crippen molar-refractivity contribution >= 4 is 40.5 Å². The molecule has 0 atom stereocenters. The fraction of sp³-hybridized carbons (Fsp3) is 0.263. The summed E-state index contributed by atoms with van der Waals surface area (Å²) >= 11 is 11.3. The van der Waals surface area contributed by atoms with Gasteiger partial charge in [-0.3, -0.25) is 15.6 Å². The van der Waals surface area contributed by atoms with Gasteiger partial charge in [-0.15, -0.1) is 0 Å². The highest BCUT2D eigenvalue weighted by atomic mass is 35.5. The number of halogens is 1. The molecule has 0 aromatic heterocycles. The van der Waals surface area contributed by atoms with Gasteiger partial charge >= 0.3 is 0 Å². The highest BCUT2D eigenvalue weighted by Gasteiger charge is 2.09. The summed E-state index contributed by atoms with van der Waals surface area (Å²) in [4.78, 5) is 11.9. The lowest BCUT2D eigenvalue weighted by molar-refractivity contribution is -0.123. The number of nitrogens with one attached hydrogen (secondary N) is 3. The van der Waals surface area contributed by atoms with Crippen LogP contribution in [0.1, 0.15) is 23.6 Å². The van der Waals surface area contributed by atoms with Crippen molar-refractivity contribution in [2.24, 2.45) is 0 Å². The standard InChI is InChI=1S/C19H22ClN3O2S/c1-4-14-7-5-6-13(3)18(14)21-19(26)23-22-17(24)11-25-16-10-12(2)8-9-15(16)20/h5-10H,4,11H2,1-3H3,(H,22,24)(H2,21,23,26). The molecule has 0 bridgehead atoms. The minimum atomic E-state index is -0.368. The van der Waals surface area contributed by atoms with E-state index in [1.165, 1.54) is 0 Å². The summed E-state index contributed by atoms with van der Waals surface area (Å²) < 4.78 is 5.44. The quantitative estimate of drug-likeness (QED) is 0.532. The molecule has 138 valence electrons. The lowest BCUT2D eigenvalue weighted by Gasteiger charge is -2.16. The number of thiocarbonyl (C=S) groups is 1. The summed E-state index contributed by atoms with van der Waals surface area (Å²) in [7, 11) is 0. The van der Waals surface area contributed by atoms with E-state index in [1.54, 1.807) is 12.1 Å². The average molecular weight is 392 g/mol. The molecule has 0 saturated heterocycles. The molecule has 0 heterocycles. The van der Waals surface area contributed by atoms with Gasteiger partial charge < -0.3 is 10.1 Å². The van der Waals surface area contributed by atoms with Gasteiger partial charge in [-0.05, 0) is 61.3 Å². The monoisotopic (exact) mass is 391 g/mol. The lowest BCUT2D eigenvalue weighted by atomic mass is 10.1. The van der Waals surface area contributed by atoms with Crippen LogP contribution in [0.5, 0.6) is 5.75 Å². The van der Waals surface area contributed by atoms with Gasteiger partial charge in [0, 0.05) is 5.69 Å². The third-order valence-corrected chi connectivity index (χ3v) is 4.26. The Bertz CT molecular complexity index is 811. The third-order valence-electron chi connectivity index (χ3n) is 3.74. The van der Waals surface area contributed by atoms with Gasteiger partial charge in [0.25, 0.3) is 5.91 Å². The summed E-state index contributed by atoms with van der Waals surface area (Å²) in [6.45, 7) is 5.82. The molecular weight excluding hydrogens is 370 g/mol. The fourth-order valence-corrected chi connectivity index (χ4v) is 2.70. The molecule has 0 fully saturated rings. The maximum absolute atomic E-state index is 11.9. The predicted molar refractivity (Wildman–Crippen MR) is 110 cm³/mol. The van der Waals surface area contributed by atoms with E-state index in [4.69, 9.17) is 28.6 Å². The molecule has 7 heteroatoms. The average Bonchev–Trinajstić information content (AvgIpc) is 2.62. The Labute approximate surface area is 164 Å². The van der Waals surface area contributed by atoms with Gasteiger partial charge in [-0.1, -0.05) is 42.8 Å². The van der Waals surface area contributed by atoms with E-state index in [0.717, 1.165) is 28.8 Å². The SMILES string of the molecule is CCc1cccc(C)c1NC(=S)NNC(=O)COc1cc(C)ccc1Cl. The summed E-state index contributed by atoms with van der Waals surface area (Å²) in [6.07, 6.45) is 0.879. The molecule has 3 N–H and O–H groups in total. The number of aryl methyl sites for hydroxylation is 3. The second kappa shape index (κ2) is 9.40. The molecule has 0 radical (unpaired) electrons. The molecule has 0 unspecified atom stereocenters. The molecule has 0 saturated carbocycles. The van der Waals surface area contributed by atoms with Crippen molar-refractivity contribution < 1.29 is 9.53 Å². The first-order chi connectivity index (χ1) is 12.4. The predicted octanol–water partition coefficient (Wildman–Crippen LogP) is 3.92. The molecule has 5 nitrogen and oxygen atoms in total. The van der Waals surface area contributed by atoms with Crippen LogP contribution in [0.25, 0.3) is 0 Å². The van der Waals surface area contributed by atoms with Crippen molar-refractivity contribution in [3.05, 3.63) is 58.1 Å². The highest BCUT2D eigenvalue weighted by Crippen LogP contribution is 2.25. The summed E-state index contributed by atoms with van der Waals surface area (Å²) in [5.74, 6) is 0.0993. The van der Waals surface area contributed by atoms with E-state index in [9.17, 15) is 4.79 Å². The molecule has 0 aliphatic carbocycles. The largest absolute Gasteiger partial charge is 0.482 e. The van der Waals surface area contributed by atoms with Crippen molar-refractivity contribution in [3.63, 3.8) is 0 Å². The Morgan fingerprint density at radius 2 is 1.96 bits per heavy atom. The van der Waals surface area contributed by atoms with Gasteiger partial charge in [0.1, 0.15) is 5.75 Å². The van der Waals surface area contributed by atoms with Crippen LogP contribution in [0.2, 0.25) is 5.02 Å². The van der Waals surface area contributed by atoms with Crippen LogP contribution in [0.15, 0.2) is 36.4 Å². The van der Waals surface area contributed by atoms with Crippen molar-refractivity contribution in [2.75, 3.05) is 11.9 Å². The number of hydrogen-bond acceptors (Lipinski definition) is 3. The smallest absolute Gasteiger partial charge is 0.276 e. The fourth-order valence-electron chi connectivity index (χ4n) is 2.37. The molecule has 0 aliphatic heterocycles. The Morgan fingerprint density at radius 3 is 2.69 bits per heavy atom. The zero-order chi connectivity index (χ0) is 19.1. The lowest BCUT2D eigenvalue weighted by Crippen LogP contribution is -2.45. The van der Waals surface area contributed by atoms with Crippen LogP contribution in [-0.2, 0) is 11.2 Å². The van der Waals surface area contributed by atoms with Gasteiger partial charge in [0.05, 0.1) is 5.02 Å². The number of amides is 1. The number of hydrogen-bond donors (Lipinski definition) is 3. The number of carbonyl (C=O) groups is 1. The van der Waals surface area contributed by atoms with E-state index in [-0.39, 0.29) is 12.5 Å². The minimum Gasteiger partial charge on any atom is -0.482 e. The van der Waals surface area contributed by atoms with E-state index >= 15 is 0 Å². The second-order valence-corrected chi connectivity index (χ2v) is 6.63. The van der Waals surface area contributed by atoms with E-state index in [1.807, 2.05) is 38.1 Å². The number of hydrazine groups is 1. The number of rotatable bonds is 5. The van der Waals surface area contributed by atoms with Gasteiger partial charge in [0.15, 0.2) is 11.7 Å². The molecule has 0 spiro atoms.